The van der Waals surface area contributed by atoms with Gasteiger partial charge in [0.05, 0.1) is 0 Å². The zero-order valence-corrected chi connectivity index (χ0v) is 11.4. The number of allylic oxidation sites excluding steroid dienone is 1. The van der Waals surface area contributed by atoms with Crippen LogP contribution in [0, 0.1) is 0 Å². The number of hydrogen-bond acceptors (Lipinski definition) is 3. The summed E-state index contributed by atoms with van der Waals surface area (Å²) in [4.78, 5) is 0.733. The Morgan fingerprint density at radius 3 is 2.58 bits per heavy atom. The second-order valence-electron chi connectivity index (χ2n) is 4.55. The van der Waals surface area contributed by atoms with Crippen LogP contribution in [0.25, 0.3) is 5.57 Å². The molecule has 1 unspecified atom stereocenters. The first-order valence-corrected chi connectivity index (χ1v) is 7.57. The van der Waals surface area contributed by atoms with Crippen LogP contribution in [0.15, 0.2) is 63.2 Å². The molecule has 0 amide bonds. The summed E-state index contributed by atoms with van der Waals surface area (Å²) in [6, 6.07) is 14.8. The average Bonchev–Trinajstić information content (AvgIpc) is 2.41. The fourth-order valence-corrected chi connectivity index (χ4v) is 4.06. The highest BCUT2D eigenvalue weighted by molar-refractivity contribution is 8.03. The standard InChI is InChI=1S/C15H14N2OS/c1-11-10-19(18,13-5-3-2-4-6-13)17-15-8-7-12(16)9-14(11)15/h2-10H,16H2,1H3. The predicted octanol–water partition coefficient (Wildman–Crippen LogP) is 3.80. The Kier molecular flexibility index (Phi) is 2.77. The Morgan fingerprint density at radius 1 is 1.11 bits per heavy atom. The molecule has 0 aliphatic carbocycles. The van der Waals surface area contributed by atoms with Crippen molar-refractivity contribution in [2.24, 2.45) is 4.36 Å². The molecule has 0 aromatic heterocycles. The Hall–Kier alpha value is -1.91. The molecular formula is C15H14N2OS. The van der Waals surface area contributed by atoms with Crippen molar-refractivity contribution >= 4 is 27.1 Å². The number of benzene rings is 2. The molecule has 1 aliphatic rings. The minimum absolute atomic E-state index is 0.690. The molecule has 3 nitrogen and oxygen atoms in total. The van der Waals surface area contributed by atoms with Gasteiger partial charge in [-0.25, -0.2) is 0 Å². The molecule has 0 saturated carbocycles. The number of nitrogens with two attached hydrogens (primary N) is 1. The van der Waals surface area contributed by atoms with Crippen LogP contribution in [0.1, 0.15) is 12.5 Å². The van der Waals surface area contributed by atoms with Crippen LogP contribution in [-0.4, -0.2) is 4.55 Å². The number of hydrogen-bond donors (Lipinski definition) is 1. The van der Waals surface area contributed by atoms with Crippen molar-refractivity contribution in [3.63, 3.8) is 0 Å². The Bertz CT molecular complexity index is 720. The van der Waals surface area contributed by atoms with E-state index in [0.717, 1.165) is 21.7 Å². The van der Waals surface area contributed by atoms with Gasteiger partial charge in [0, 0.05) is 16.8 Å². The monoisotopic (exact) mass is 270 g/mol. The third-order valence-electron chi connectivity index (χ3n) is 3.10. The summed E-state index contributed by atoms with van der Waals surface area (Å²) < 4.78 is 17.4. The van der Waals surface area contributed by atoms with E-state index >= 15 is 0 Å². The van der Waals surface area contributed by atoms with E-state index < -0.39 is 10.1 Å². The molecule has 0 radical (unpaired) electrons. The topological polar surface area (TPSA) is 61.4 Å². The number of anilines is 1. The Balaban J connectivity index is 2.24. The normalized spacial score (nSPS) is 21.3. The van der Waals surface area contributed by atoms with Crippen LogP contribution in [0.2, 0.25) is 0 Å². The fourth-order valence-electron chi connectivity index (χ4n) is 2.16. The van der Waals surface area contributed by atoms with Gasteiger partial charge in [0.1, 0.15) is 16.0 Å². The number of nitrogens with zero attached hydrogens (tertiary/aromatic N) is 1. The SMILES string of the molecule is CC1=C[S+]([O-])(c2ccccc2)=Nc2ccc(N)cc21. The molecule has 3 rings (SSSR count). The summed E-state index contributed by atoms with van der Waals surface area (Å²) in [6.07, 6.45) is 0. The van der Waals surface area contributed by atoms with Crippen molar-refractivity contribution < 1.29 is 4.55 Å². The first kappa shape index (κ1) is 12.1. The molecule has 2 aromatic rings. The van der Waals surface area contributed by atoms with Crippen LogP contribution in [0.3, 0.4) is 0 Å². The fraction of sp³-hybridized carbons (Fsp3) is 0.0667. The van der Waals surface area contributed by atoms with Crippen molar-refractivity contribution in [2.75, 3.05) is 5.73 Å². The van der Waals surface area contributed by atoms with Gasteiger partial charge in [-0.15, -0.1) is 0 Å². The number of rotatable bonds is 1. The highest BCUT2D eigenvalue weighted by Gasteiger charge is 2.22. The zero-order valence-electron chi connectivity index (χ0n) is 10.5. The van der Waals surface area contributed by atoms with E-state index in [1.807, 2.05) is 49.4 Å². The van der Waals surface area contributed by atoms with E-state index in [4.69, 9.17) is 5.73 Å². The summed E-state index contributed by atoms with van der Waals surface area (Å²) in [6.45, 7) is 1.94. The first-order chi connectivity index (χ1) is 9.08. The molecule has 4 heteroatoms. The average molecular weight is 270 g/mol. The lowest BCUT2D eigenvalue weighted by molar-refractivity contribution is 0.593. The van der Waals surface area contributed by atoms with Crippen LogP contribution >= 0.6 is 0 Å². The van der Waals surface area contributed by atoms with Gasteiger partial charge in [0.25, 0.3) is 0 Å². The number of nitrogen functional groups attached to an aromatic ring is 1. The lowest BCUT2D eigenvalue weighted by atomic mass is 10.1. The summed E-state index contributed by atoms with van der Waals surface area (Å²) in [5.74, 6) is 0. The second kappa shape index (κ2) is 4.33. The maximum Gasteiger partial charge on any atom is 0.141 e. The van der Waals surface area contributed by atoms with Gasteiger partial charge in [-0.3, -0.25) is 0 Å². The molecule has 2 N–H and O–H groups in total. The van der Waals surface area contributed by atoms with E-state index in [2.05, 4.69) is 4.36 Å². The molecule has 0 fully saturated rings. The lowest BCUT2D eigenvalue weighted by Crippen LogP contribution is -2.10. The van der Waals surface area contributed by atoms with E-state index in [9.17, 15) is 4.55 Å². The molecular weight excluding hydrogens is 256 g/mol. The minimum atomic E-state index is -2.52. The predicted molar refractivity (Wildman–Crippen MR) is 79.4 cm³/mol. The summed E-state index contributed by atoms with van der Waals surface area (Å²) >= 11 is 0. The molecule has 2 aromatic carbocycles. The Labute approximate surface area is 113 Å². The van der Waals surface area contributed by atoms with Crippen LogP contribution < -0.4 is 5.73 Å². The van der Waals surface area contributed by atoms with E-state index in [0.29, 0.717) is 5.69 Å². The Morgan fingerprint density at radius 2 is 1.84 bits per heavy atom. The van der Waals surface area contributed by atoms with Crippen molar-refractivity contribution in [3.05, 3.63) is 59.5 Å². The van der Waals surface area contributed by atoms with Gasteiger partial charge < -0.3 is 10.3 Å². The third kappa shape index (κ3) is 2.09. The highest BCUT2D eigenvalue weighted by atomic mass is 32.3. The first-order valence-electron chi connectivity index (χ1n) is 5.99. The van der Waals surface area contributed by atoms with Crippen molar-refractivity contribution in [1.82, 2.24) is 0 Å². The van der Waals surface area contributed by atoms with E-state index in [-0.39, 0.29) is 0 Å². The minimum Gasteiger partial charge on any atom is -0.622 e. The molecule has 0 bridgehead atoms. The zero-order chi connectivity index (χ0) is 13.5. The molecule has 19 heavy (non-hydrogen) atoms. The van der Waals surface area contributed by atoms with Gasteiger partial charge in [0.2, 0.25) is 0 Å². The van der Waals surface area contributed by atoms with Crippen LogP contribution in [0.5, 0.6) is 0 Å². The smallest absolute Gasteiger partial charge is 0.141 e. The molecule has 0 spiro atoms. The van der Waals surface area contributed by atoms with Gasteiger partial charge in [-0.2, -0.15) is 0 Å². The quantitative estimate of drug-likeness (QED) is 0.632. The molecule has 96 valence electrons. The maximum absolute atomic E-state index is 13.0. The highest BCUT2D eigenvalue weighted by Crippen LogP contribution is 2.39. The molecule has 1 atom stereocenters. The third-order valence-corrected chi connectivity index (χ3v) is 5.19. The molecule has 1 heterocycles. The second-order valence-corrected chi connectivity index (χ2v) is 6.58. The van der Waals surface area contributed by atoms with Gasteiger partial charge in [-0.05, 0) is 47.4 Å². The lowest BCUT2D eigenvalue weighted by Gasteiger charge is -2.23. The van der Waals surface area contributed by atoms with E-state index in [1.54, 1.807) is 11.5 Å². The molecule has 0 saturated heterocycles. The van der Waals surface area contributed by atoms with Crippen LogP contribution in [-0.2, 0) is 10.1 Å². The van der Waals surface area contributed by atoms with Crippen molar-refractivity contribution in [1.29, 1.82) is 0 Å². The number of fused-ring (bicyclic) bond motifs is 1. The van der Waals surface area contributed by atoms with Crippen molar-refractivity contribution in [2.45, 2.75) is 11.8 Å². The van der Waals surface area contributed by atoms with Gasteiger partial charge >= 0.3 is 0 Å². The maximum atomic E-state index is 13.0. The van der Waals surface area contributed by atoms with Gasteiger partial charge in [-0.1, -0.05) is 22.6 Å². The van der Waals surface area contributed by atoms with Crippen molar-refractivity contribution in [3.8, 4) is 0 Å². The van der Waals surface area contributed by atoms with Gasteiger partial charge in [0.15, 0.2) is 0 Å². The summed E-state index contributed by atoms with van der Waals surface area (Å²) in [5, 5.41) is 1.74. The van der Waals surface area contributed by atoms with Crippen LogP contribution in [0.4, 0.5) is 11.4 Å². The molecule has 1 aliphatic heterocycles. The summed E-state index contributed by atoms with van der Waals surface area (Å²) in [5.41, 5.74) is 9.11. The largest absolute Gasteiger partial charge is 0.622 e. The van der Waals surface area contributed by atoms with E-state index in [1.165, 1.54) is 0 Å². The summed E-state index contributed by atoms with van der Waals surface area (Å²) in [7, 11) is -2.52.